The van der Waals surface area contributed by atoms with Crippen LogP contribution in [0.3, 0.4) is 0 Å². The Kier molecular flexibility index (Phi) is 6.22. The number of carbonyl (C=O) groups is 2. The number of nitrogens with one attached hydrogen (secondary N) is 1. The van der Waals surface area contributed by atoms with Crippen molar-refractivity contribution in [2.45, 2.75) is 26.3 Å². The maximum Gasteiger partial charge on any atom is 0.328 e. The van der Waals surface area contributed by atoms with Crippen molar-refractivity contribution >= 4 is 23.2 Å². The Morgan fingerprint density at radius 1 is 1.55 bits per heavy atom. The van der Waals surface area contributed by atoms with Crippen LogP contribution in [-0.2, 0) is 9.53 Å². The van der Waals surface area contributed by atoms with Gasteiger partial charge in [-0.25, -0.2) is 4.79 Å². The zero-order valence-electron chi connectivity index (χ0n) is 11.6. The molecule has 1 heterocycles. The molecule has 20 heavy (non-hydrogen) atoms. The van der Waals surface area contributed by atoms with Gasteiger partial charge in [0.15, 0.2) is 0 Å². The Morgan fingerprint density at radius 3 is 2.85 bits per heavy atom. The molecule has 0 saturated carbocycles. The molecule has 1 amide bonds. The van der Waals surface area contributed by atoms with Crippen LogP contribution in [-0.4, -0.2) is 36.7 Å². The Hall–Kier alpha value is -1.84. The van der Waals surface area contributed by atoms with E-state index >= 15 is 0 Å². The molecule has 0 fully saturated rings. The minimum Gasteiger partial charge on any atom is -0.467 e. The van der Waals surface area contributed by atoms with E-state index < -0.39 is 12.0 Å². The molecule has 1 aromatic rings. The number of carbonyl (C=O) groups excluding carboxylic acids is 2. The third kappa shape index (κ3) is 4.37. The summed E-state index contributed by atoms with van der Waals surface area (Å²) in [6, 6.07) is 1.03. The standard InChI is InChI=1S/C14H17NO4S/c1-9-8-12(20-11(9)6-4-5-7-16)13(17)15-10(2)14(18)19-3/h8,10,16H,5,7H2,1-3H3,(H,15,17). The number of esters is 1. The molecule has 6 heteroatoms. The fraction of sp³-hybridized carbons (Fsp3) is 0.429. The van der Waals surface area contributed by atoms with Gasteiger partial charge in [-0.15, -0.1) is 11.3 Å². The van der Waals surface area contributed by atoms with Gasteiger partial charge in [-0.1, -0.05) is 11.8 Å². The first-order valence-corrected chi connectivity index (χ1v) is 6.90. The first kappa shape index (κ1) is 16.2. The van der Waals surface area contributed by atoms with Gasteiger partial charge in [0.25, 0.3) is 5.91 Å². The summed E-state index contributed by atoms with van der Waals surface area (Å²) in [6.45, 7) is 3.44. The van der Waals surface area contributed by atoms with Crippen molar-refractivity contribution in [1.82, 2.24) is 5.32 Å². The molecule has 5 nitrogen and oxygen atoms in total. The number of aryl methyl sites for hydroxylation is 1. The van der Waals surface area contributed by atoms with Crippen molar-refractivity contribution in [3.63, 3.8) is 0 Å². The van der Waals surface area contributed by atoms with E-state index in [9.17, 15) is 9.59 Å². The molecule has 1 aromatic heterocycles. The lowest BCUT2D eigenvalue weighted by Gasteiger charge is -2.10. The van der Waals surface area contributed by atoms with Gasteiger partial charge in [0.05, 0.1) is 23.5 Å². The van der Waals surface area contributed by atoms with E-state index in [2.05, 4.69) is 21.9 Å². The number of thiophene rings is 1. The van der Waals surface area contributed by atoms with Crippen molar-refractivity contribution in [2.24, 2.45) is 0 Å². The quantitative estimate of drug-likeness (QED) is 0.644. The van der Waals surface area contributed by atoms with Gasteiger partial charge in [-0.3, -0.25) is 4.79 Å². The van der Waals surface area contributed by atoms with Crippen LogP contribution in [0.15, 0.2) is 6.07 Å². The molecule has 108 valence electrons. The summed E-state index contributed by atoms with van der Waals surface area (Å²) >= 11 is 1.26. The van der Waals surface area contributed by atoms with E-state index in [1.54, 1.807) is 13.0 Å². The highest BCUT2D eigenvalue weighted by Gasteiger charge is 2.18. The second kappa shape index (κ2) is 7.68. The van der Waals surface area contributed by atoms with E-state index in [0.29, 0.717) is 11.3 Å². The topological polar surface area (TPSA) is 75.6 Å². The molecular formula is C14H17NO4S. The number of amides is 1. The molecule has 0 aliphatic heterocycles. The number of rotatable bonds is 4. The number of ether oxygens (including phenoxy) is 1. The largest absolute Gasteiger partial charge is 0.467 e. The van der Waals surface area contributed by atoms with Crippen LogP contribution in [0.1, 0.15) is 33.5 Å². The molecule has 2 N–H and O–H groups in total. The molecule has 1 unspecified atom stereocenters. The molecule has 0 aliphatic carbocycles. The van der Waals surface area contributed by atoms with Crippen LogP contribution in [0.4, 0.5) is 0 Å². The van der Waals surface area contributed by atoms with E-state index in [0.717, 1.165) is 10.4 Å². The Bertz CT molecular complexity index is 553. The summed E-state index contributed by atoms with van der Waals surface area (Å²) in [5.74, 6) is 4.91. The van der Waals surface area contributed by atoms with Gasteiger partial charge in [0.2, 0.25) is 0 Å². The Balaban J connectivity index is 2.78. The van der Waals surface area contributed by atoms with Crippen LogP contribution in [0.25, 0.3) is 0 Å². The first-order valence-electron chi connectivity index (χ1n) is 6.08. The zero-order valence-corrected chi connectivity index (χ0v) is 12.5. The van der Waals surface area contributed by atoms with Gasteiger partial charge in [-0.2, -0.15) is 0 Å². The summed E-state index contributed by atoms with van der Waals surface area (Å²) in [5, 5.41) is 11.2. The molecule has 0 bridgehead atoms. The lowest BCUT2D eigenvalue weighted by Crippen LogP contribution is -2.38. The van der Waals surface area contributed by atoms with Gasteiger partial charge < -0.3 is 15.2 Å². The summed E-state index contributed by atoms with van der Waals surface area (Å²) < 4.78 is 4.55. The van der Waals surface area contributed by atoms with Gasteiger partial charge >= 0.3 is 5.97 Å². The van der Waals surface area contributed by atoms with Crippen LogP contribution in [0.5, 0.6) is 0 Å². The molecule has 0 saturated heterocycles. The monoisotopic (exact) mass is 295 g/mol. The maximum absolute atomic E-state index is 12.0. The lowest BCUT2D eigenvalue weighted by atomic mass is 10.2. The molecule has 1 rings (SSSR count). The number of hydrogen-bond acceptors (Lipinski definition) is 5. The number of methoxy groups -OCH3 is 1. The zero-order chi connectivity index (χ0) is 15.1. The molecule has 0 aliphatic rings. The highest BCUT2D eigenvalue weighted by Crippen LogP contribution is 2.21. The van der Waals surface area contributed by atoms with E-state index in [4.69, 9.17) is 5.11 Å². The van der Waals surface area contributed by atoms with Crippen LogP contribution in [0, 0.1) is 18.8 Å². The van der Waals surface area contributed by atoms with E-state index in [1.165, 1.54) is 18.4 Å². The SMILES string of the molecule is COC(=O)C(C)NC(=O)c1cc(C)c(C#CCCO)s1. The highest BCUT2D eigenvalue weighted by atomic mass is 32.1. The van der Waals surface area contributed by atoms with Crippen molar-refractivity contribution in [3.8, 4) is 11.8 Å². The predicted molar refractivity (Wildman–Crippen MR) is 76.6 cm³/mol. The van der Waals surface area contributed by atoms with Gasteiger partial charge in [-0.05, 0) is 25.5 Å². The highest BCUT2D eigenvalue weighted by molar-refractivity contribution is 7.14. The lowest BCUT2D eigenvalue weighted by molar-refractivity contribution is -0.142. The third-order valence-corrected chi connectivity index (χ3v) is 3.63. The van der Waals surface area contributed by atoms with Gasteiger partial charge in [0, 0.05) is 6.42 Å². The smallest absolute Gasteiger partial charge is 0.328 e. The Morgan fingerprint density at radius 2 is 2.25 bits per heavy atom. The maximum atomic E-state index is 12.0. The Labute approximate surface area is 122 Å². The second-order valence-electron chi connectivity index (χ2n) is 4.12. The van der Waals surface area contributed by atoms with Crippen molar-refractivity contribution in [1.29, 1.82) is 0 Å². The van der Waals surface area contributed by atoms with Crippen LogP contribution >= 0.6 is 11.3 Å². The van der Waals surface area contributed by atoms with Gasteiger partial charge in [0.1, 0.15) is 6.04 Å². The third-order valence-electron chi connectivity index (χ3n) is 2.48. The predicted octanol–water partition coefficient (Wildman–Crippen LogP) is 1.08. The summed E-state index contributed by atoms with van der Waals surface area (Å²) in [6.07, 6.45) is 0.401. The van der Waals surface area contributed by atoms with Crippen molar-refractivity contribution < 1.29 is 19.4 Å². The normalized spacial score (nSPS) is 11.2. The summed E-state index contributed by atoms with van der Waals surface area (Å²) in [4.78, 5) is 24.5. The van der Waals surface area contributed by atoms with Crippen molar-refractivity contribution in [2.75, 3.05) is 13.7 Å². The fourth-order valence-electron chi connectivity index (χ4n) is 1.42. The number of aliphatic hydroxyl groups excluding tert-OH is 1. The van der Waals surface area contributed by atoms with Crippen LogP contribution < -0.4 is 5.32 Å². The summed E-state index contributed by atoms with van der Waals surface area (Å²) in [7, 11) is 1.27. The number of hydrogen-bond donors (Lipinski definition) is 2. The minimum absolute atomic E-state index is 0.0153. The molecule has 0 aromatic carbocycles. The second-order valence-corrected chi connectivity index (χ2v) is 5.17. The van der Waals surface area contributed by atoms with E-state index in [1.807, 2.05) is 6.92 Å². The molecule has 1 atom stereocenters. The minimum atomic E-state index is -0.696. The molecule has 0 spiro atoms. The van der Waals surface area contributed by atoms with E-state index in [-0.39, 0.29) is 12.5 Å². The summed E-state index contributed by atoms with van der Waals surface area (Å²) in [5.41, 5.74) is 0.899. The van der Waals surface area contributed by atoms with Crippen LogP contribution in [0.2, 0.25) is 0 Å². The number of aliphatic hydroxyl groups is 1. The molecule has 0 radical (unpaired) electrons. The average molecular weight is 295 g/mol. The first-order chi connectivity index (χ1) is 9.49. The average Bonchev–Trinajstić information content (AvgIpc) is 2.79. The van der Waals surface area contributed by atoms with Crippen molar-refractivity contribution in [3.05, 3.63) is 21.4 Å². The molecular weight excluding hydrogens is 278 g/mol. The fourth-order valence-corrected chi connectivity index (χ4v) is 2.37.